The molecule has 2 aromatic carbocycles. The molecule has 112 valence electrons. The number of carbonyl (C=O) groups is 1. The molecule has 0 radical (unpaired) electrons. The third-order valence-electron chi connectivity index (χ3n) is 3.41. The van der Waals surface area contributed by atoms with Crippen molar-refractivity contribution < 1.29 is 4.79 Å². The second kappa shape index (κ2) is 6.51. The molecule has 0 saturated carbocycles. The predicted octanol–water partition coefficient (Wildman–Crippen LogP) is 4.48. The highest BCUT2D eigenvalue weighted by molar-refractivity contribution is 9.10. The highest BCUT2D eigenvalue weighted by Gasteiger charge is 2.12. The van der Waals surface area contributed by atoms with Gasteiger partial charge in [-0.3, -0.25) is 4.79 Å². The molecule has 0 aliphatic rings. The van der Waals surface area contributed by atoms with E-state index >= 15 is 0 Å². The van der Waals surface area contributed by atoms with Crippen LogP contribution < -0.4 is 5.32 Å². The summed E-state index contributed by atoms with van der Waals surface area (Å²) in [5.41, 5.74) is 2.43. The van der Waals surface area contributed by atoms with Gasteiger partial charge < -0.3 is 10.3 Å². The van der Waals surface area contributed by atoms with E-state index in [1.165, 1.54) is 0 Å². The van der Waals surface area contributed by atoms with Gasteiger partial charge in [0.2, 0.25) is 0 Å². The third-order valence-corrected chi connectivity index (χ3v) is 4.10. The van der Waals surface area contributed by atoms with Crippen LogP contribution in [0.2, 0.25) is 0 Å². The van der Waals surface area contributed by atoms with Crippen LogP contribution in [0.25, 0.3) is 17.0 Å². The maximum Gasteiger partial charge on any atom is 0.266 e. The van der Waals surface area contributed by atoms with Crippen molar-refractivity contribution >= 4 is 44.5 Å². The first-order valence-corrected chi connectivity index (χ1v) is 7.72. The second-order valence-electron chi connectivity index (χ2n) is 4.89. The number of nitrogens with one attached hydrogen (secondary N) is 2. The molecule has 0 atom stereocenters. The van der Waals surface area contributed by atoms with Gasteiger partial charge in [0.15, 0.2) is 0 Å². The lowest BCUT2D eigenvalue weighted by molar-refractivity contribution is -0.112. The molecule has 0 spiro atoms. The summed E-state index contributed by atoms with van der Waals surface area (Å²) in [6, 6.07) is 17.0. The summed E-state index contributed by atoms with van der Waals surface area (Å²) in [6.07, 6.45) is 3.37. The van der Waals surface area contributed by atoms with E-state index in [2.05, 4.69) is 26.2 Å². The maximum absolute atomic E-state index is 12.3. The van der Waals surface area contributed by atoms with Gasteiger partial charge >= 0.3 is 0 Å². The van der Waals surface area contributed by atoms with E-state index < -0.39 is 5.91 Å². The molecule has 5 heteroatoms. The Morgan fingerprint density at radius 1 is 1.17 bits per heavy atom. The molecule has 3 rings (SSSR count). The number of amides is 1. The number of aromatic amines is 1. The molecule has 0 bridgehead atoms. The van der Waals surface area contributed by atoms with Gasteiger partial charge in [-0.1, -0.05) is 30.3 Å². The van der Waals surface area contributed by atoms with Gasteiger partial charge in [0, 0.05) is 27.1 Å². The number of benzene rings is 2. The molecule has 1 aromatic heterocycles. The van der Waals surface area contributed by atoms with Crippen molar-refractivity contribution in [3.8, 4) is 6.07 Å². The first-order valence-electron chi connectivity index (χ1n) is 6.93. The highest BCUT2D eigenvalue weighted by Crippen LogP contribution is 2.23. The van der Waals surface area contributed by atoms with Crippen LogP contribution in [-0.4, -0.2) is 10.9 Å². The van der Waals surface area contributed by atoms with Crippen LogP contribution in [0.4, 0.5) is 5.69 Å². The molecule has 1 heterocycles. The Kier molecular flexibility index (Phi) is 4.26. The molecule has 1 amide bonds. The van der Waals surface area contributed by atoms with Gasteiger partial charge in [-0.25, -0.2) is 0 Å². The molecule has 0 aliphatic heterocycles. The van der Waals surface area contributed by atoms with E-state index in [4.69, 9.17) is 0 Å². The molecular formula is C18H12BrN3O. The average molecular weight is 366 g/mol. The van der Waals surface area contributed by atoms with Crippen molar-refractivity contribution in [1.82, 2.24) is 4.98 Å². The van der Waals surface area contributed by atoms with Crippen LogP contribution in [0.1, 0.15) is 5.56 Å². The maximum atomic E-state index is 12.3. The van der Waals surface area contributed by atoms with Crippen molar-refractivity contribution in [2.24, 2.45) is 0 Å². The Bertz CT molecular complexity index is 950. The third kappa shape index (κ3) is 3.17. The monoisotopic (exact) mass is 365 g/mol. The number of H-pyrrole nitrogens is 1. The fraction of sp³-hybridized carbons (Fsp3) is 0. The van der Waals surface area contributed by atoms with Gasteiger partial charge in [-0.05, 0) is 40.2 Å². The lowest BCUT2D eigenvalue weighted by atomic mass is 10.1. The van der Waals surface area contributed by atoms with Crippen molar-refractivity contribution in [1.29, 1.82) is 5.26 Å². The van der Waals surface area contributed by atoms with Crippen LogP contribution in [0.3, 0.4) is 0 Å². The molecule has 0 fully saturated rings. The van der Waals surface area contributed by atoms with Crippen LogP contribution in [-0.2, 0) is 4.79 Å². The average Bonchev–Trinajstić information content (AvgIpc) is 2.97. The number of halogens is 1. The molecule has 4 nitrogen and oxygen atoms in total. The Morgan fingerprint density at radius 3 is 2.70 bits per heavy atom. The van der Waals surface area contributed by atoms with Crippen molar-refractivity contribution in [3.05, 3.63) is 70.3 Å². The van der Waals surface area contributed by atoms with E-state index in [9.17, 15) is 10.1 Å². The summed E-state index contributed by atoms with van der Waals surface area (Å²) < 4.78 is 0.762. The number of hydrogen-bond acceptors (Lipinski definition) is 2. The Morgan fingerprint density at radius 2 is 1.91 bits per heavy atom. The first kappa shape index (κ1) is 15.1. The smallest absolute Gasteiger partial charge is 0.266 e. The number of hydrogen-bond donors (Lipinski definition) is 2. The zero-order valence-corrected chi connectivity index (χ0v) is 13.6. The SMILES string of the molecule is N#C/C(=C/c1c[nH]c2ccccc12)C(=O)Nc1ccccc1Br. The van der Waals surface area contributed by atoms with Crippen molar-refractivity contribution in [2.75, 3.05) is 5.32 Å². The van der Waals surface area contributed by atoms with Crippen molar-refractivity contribution in [3.63, 3.8) is 0 Å². The van der Waals surface area contributed by atoms with Gasteiger partial charge in [-0.15, -0.1) is 0 Å². The molecule has 0 saturated heterocycles. The summed E-state index contributed by atoms with van der Waals surface area (Å²) in [6.45, 7) is 0. The minimum Gasteiger partial charge on any atom is -0.361 e. The Labute approximate surface area is 141 Å². The topological polar surface area (TPSA) is 68.7 Å². The minimum absolute atomic E-state index is 0.0468. The number of rotatable bonds is 3. The predicted molar refractivity (Wildman–Crippen MR) is 94.7 cm³/mol. The lowest BCUT2D eigenvalue weighted by Gasteiger charge is -2.06. The van der Waals surface area contributed by atoms with Crippen LogP contribution in [0, 0.1) is 11.3 Å². The number of nitriles is 1. The van der Waals surface area contributed by atoms with Gasteiger partial charge in [-0.2, -0.15) is 5.26 Å². The van der Waals surface area contributed by atoms with Crippen LogP contribution >= 0.6 is 15.9 Å². The number of fused-ring (bicyclic) bond motifs is 1. The highest BCUT2D eigenvalue weighted by atomic mass is 79.9. The molecule has 2 N–H and O–H groups in total. The fourth-order valence-electron chi connectivity index (χ4n) is 2.27. The minimum atomic E-state index is -0.440. The fourth-order valence-corrected chi connectivity index (χ4v) is 2.65. The van der Waals surface area contributed by atoms with Gasteiger partial charge in [0.05, 0.1) is 5.69 Å². The molecule has 23 heavy (non-hydrogen) atoms. The molecular weight excluding hydrogens is 354 g/mol. The van der Waals surface area contributed by atoms with E-state index in [0.29, 0.717) is 5.69 Å². The summed E-state index contributed by atoms with van der Waals surface area (Å²) >= 11 is 3.37. The zero-order chi connectivity index (χ0) is 16.2. The van der Waals surface area contributed by atoms with E-state index in [1.807, 2.05) is 48.5 Å². The van der Waals surface area contributed by atoms with Gasteiger partial charge in [0.25, 0.3) is 5.91 Å². The lowest BCUT2D eigenvalue weighted by Crippen LogP contribution is -2.13. The number of anilines is 1. The summed E-state index contributed by atoms with van der Waals surface area (Å²) in [7, 11) is 0. The number of para-hydroxylation sites is 2. The number of nitrogens with zero attached hydrogens (tertiary/aromatic N) is 1. The molecule has 0 aliphatic carbocycles. The normalized spacial score (nSPS) is 11.2. The molecule has 3 aromatic rings. The molecule has 0 unspecified atom stereocenters. The quantitative estimate of drug-likeness (QED) is 0.530. The van der Waals surface area contributed by atoms with E-state index in [-0.39, 0.29) is 5.57 Å². The van der Waals surface area contributed by atoms with Crippen LogP contribution in [0.5, 0.6) is 0 Å². The number of aromatic nitrogens is 1. The first-order chi connectivity index (χ1) is 11.2. The van der Waals surface area contributed by atoms with Crippen molar-refractivity contribution in [2.45, 2.75) is 0 Å². The summed E-state index contributed by atoms with van der Waals surface area (Å²) in [5.74, 6) is -0.440. The Hall–Kier alpha value is -2.84. The number of carbonyl (C=O) groups excluding carboxylic acids is 1. The van der Waals surface area contributed by atoms with E-state index in [1.54, 1.807) is 18.3 Å². The standard InChI is InChI=1S/C18H12BrN3O/c19-15-6-2-4-8-17(15)22-18(23)12(10-20)9-13-11-21-16-7-3-1-5-14(13)16/h1-9,11,21H,(H,22,23)/b12-9-. The van der Waals surface area contributed by atoms with Gasteiger partial charge in [0.1, 0.15) is 11.6 Å². The van der Waals surface area contributed by atoms with E-state index in [0.717, 1.165) is 20.9 Å². The zero-order valence-electron chi connectivity index (χ0n) is 12.0. The van der Waals surface area contributed by atoms with Crippen LogP contribution in [0.15, 0.2) is 64.8 Å². The largest absolute Gasteiger partial charge is 0.361 e. The second-order valence-corrected chi connectivity index (χ2v) is 5.75. The summed E-state index contributed by atoms with van der Waals surface area (Å²) in [5, 5.41) is 13.0. The Balaban J connectivity index is 1.92. The summed E-state index contributed by atoms with van der Waals surface area (Å²) in [4.78, 5) is 15.4.